The molecule has 0 atom stereocenters. The van der Waals surface area contributed by atoms with Crippen molar-refractivity contribution in [1.82, 2.24) is 4.90 Å². The molecule has 0 saturated carbocycles. The first-order valence-corrected chi connectivity index (χ1v) is 7.33. The van der Waals surface area contributed by atoms with Gasteiger partial charge in [-0.25, -0.2) is 4.39 Å². The molecule has 1 amide bonds. The normalized spacial score (nSPS) is 11.0. The highest BCUT2D eigenvalue weighted by Crippen LogP contribution is 2.16. The number of benzene rings is 1. The van der Waals surface area contributed by atoms with Crippen molar-refractivity contribution in [3.05, 3.63) is 40.1 Å². The molecule has 1 aromatic carbocycles. The minimum atomic E-state index is -0.358. The second-order valence-electron chi connectivity index (χ2n) is 4.54. The van der Waals surface area contributed by atoms with Crippen LogP contribution in [0.1, 0.15) is 24.8 Å². The Labute approximate surface area is 127 Å². The van der Waals surface area contributed by atoms with Crippen LogP contribution in [0.15, 0.2) is 28.7 Å². The number of unbranched alkanes of at least 4 members (excludes halogenated alkanes) is 2. The Bertz CT molecular complexity index is 477. The Kier molecular flexibility index (Phi) is 7.47. The minimum absolute atomic E-state index is 0.159. The van der Waals surface area contributed by atoms with Crippen molar-refractivity contribution in [3.63, 3.8) is 0 Å². The van der Waals surface area contributed by atoms with Gasteiger partial charge in [-0.15, -0.1) is 0 Å². The van der Waals surface area contributed by atoms with Gasteiger partial charge in [-0.3, -0.25) is 4.79 Å². The summed E-state index contributed by atoms with van der Waals surface area (Å²) >= 11 is 3.26. The van der Waals surface area contributed by atoms with Crippen LogP contribution >= 0.6 is 15.9 Å². The van der Waals surface area contributed by atoms with E-state index >= 15 is 0 Å². The van der Waals surface area contributed by atoms with Crippen LogP contribution in [-0.4, -0.2) is 36.1 Å². The third kappa shape index (κ3) is 5.84. The van der Waals surface area contributed by atoms with Crippen LogP contribution < -0.4 is 0 Å². The number of amides is 1. The Hall–Kier alpha value is -1.20. The van der Waals surface area contributed by atoms with Gasteiger partial charge in [0, 0.05) is 36.3 Å². The molecule has 1 N–H and O–H groups in total. The SMILES string of the molecule is CN(CCCCCO)C(=O)/C=C/c1cc(Br)ccc1F. The summed E-state index contributed by atoms with van der Waals surface area (Å²) in [5, 5.41) is 8.67. The molecule has 0 aromatic heterocycles. The topological polar surface area (TPSA) is 40.5 Å². The Morgan fingerprint density at radius 3 is 2.85 bits per heavy atom. The van der Waals surface area contributed by atoms with Gasteiger partial charge in [-0.2, -0.15) is 0 Å². The van der Waals surface area contributed by atoms with Crippen molar-refractivity contribution >= 4 is 27.9 Å². The lowest BCUT2D eigenvalue weighted by atomic mass is 10.2. The standard InChI is InChI=1S/C15H19BrFNO2/c1-18(9-3-2-4-10-19)15(20)8-5-12-11-13(16)6-7-14(12)17/h5-8,11,19H,2-4,9-10H2,1H3/b8-5+. The van der Waals surface area contributed by atoms with E-state index in [2.05, 4.69) is 15.9 Å². The number of likely N-dealkylation sites (N-methyl/N-ethyl adjacent to an activating group) is 1. The number of rotatable bonds is 7. The van der Waals surface area contributed by atoms with Crippen molar-refractivity contribution in [2.75, 3.05) is 20.2 Å². The molecular formula is C15H19BrFNO2. The maximum absolute atomic E-state index is 13.5. The zero-order valence-electron chi connectivity index (χ0n) is 11.5. The maximum Gasteiger partial charge on any atom is 0.246 e. The fourth-order valence-electron chi connectivity index (χ4n) is 1.68. The first-order valence-electron chi connectivity index (χ1n) is 6.53. The molecule has 1 aromatic rings. The molecule has 0 aliphatic heterocycles. The second kappa shape index (κ2) is 8.87. The van der Waals surface area contributed by atoms with Crippen LogP contribution in [0.5, 0.6) is 0 Å². The summed E-state index contributed by atoms with van der Waals surface area (Å²) in [4.78, 5) is 13.4. The first-order chi connectivity index (χ1) is 9.54. The maximum atomic E-state index is 13.5. The van der Waals surface area contributed by atoms with E-state index in [0.717, 1.165) is 23.7 Å². The van der Waals surface area contributed by atoms with E-state index in [1.54, 1.807) is 24.1 Å². The second-order valence-corrected chi connectivity index (χ2v) is 5.46. The predicted octanol–water partition coefficient (Wildman–Crippen LogP) is 3.22. The molecule has 0 unspecified atom stereocenters. The summed E-state index contributed by atoms with van der Waals surface area (Å²) in [6, 6.07) is 4.59. The molecule has 0 aliphatic carbocycles. The van der Waals surface area contributed by atoms with Crippen LogP contribution in [0, 0.1) is 5.82 Å². The van der Waals surface area contributed by atoms with Crippen LogP contribution in [-0.2, 0) is 4.79 Å². The Balaban J connectivity index is 2.52. The van der Waals surface area contributed by atoms with E-state index < -0.39 is 0 Å². The summed E-state index contributed by atoms with van der Waals surface area (Å²) in [7, 11) is 1.71. The number of nitrogens with zero attached hydrogens (tertiary/aromatic N) is 1. The van der Waals surface area contributed by atoms with E-state index in [-0.39, 0.29) is 18.3 Å². The highest BCUT2D eigenvalue weighted by Gasteiger charge is 2.05. The zero-order valence-corrected chi connectivity index (χ0v) is 13.1. The monoisotopic (exact) mass is 343 g/mol. The third-order valence-corrected chi connectivity index (χ3v) is 3.38. The summed E-state index contributed by atoms with van der Waals surface area (Å²) in [6.07, 6.45) is 5.34. The molecule has 3 nitrogen and oxygen atoms in total. The van der Waals surface area contributed by atoms with Crippen LogP contribution in [0.4, 0.5) is 4.39 Å². The summed E-state index contributed by atoms with van der Waals surface area (Å²) in [5.74, 6) is -0.517. The lowest BCUT2D eigenvalue weighted by molar-refractivity contribution is -0.124. The molecule has 20 heavy (non-hydrogen) atoms. The molecule has 0 aliphatic rings. The fraction of sp³-hybridized carbons (Fsp3) is 0.400. The van der Waals surface area contributed by atoms with Gasteiger partial charge in [-0.05, 0) is 43.5 Å². The first kappa shape index (κ1) is 16.9. The van der Waals surface area contributed by atoms with E-state index in [4.69, 9.17) is 5.11 Å². The molecule has 0 spiro atoms. The quantitative estimate of drug-likeness (QED) is 0.610. The highest BCUT2D eigenvalue weighted by atomic mass is 79.9. The average Bonchev–Trinajstić information content (AvgIpc) is 2.44. The molecule has 0 fully saturated rings. The van der Waals surface area contributed by atoms with Gasteiger partial charge >= 0.3 is 0 Å². The lowest BCUT2D eigenvalue weighted by Crippen LogP contribution is -2.25. The largest absolute Gasteiger partial charge is 0.396 e. The number of hydrogen-bond acceptors (Lipinski definition) is 2. The number of aliphatic hydroxyl groups excluding tert-OH is 1. The van der Waals surface area contributed by atoms with Crippen molar-refractivity contribution in [2.24, 2.45) is 0 Å². The number of aliphatic hydroxyl groups is 1. The summed E-state index contributed by atoms with van der Waals surface area (Å²) in [6.45, 7) is 0.809. The molecule has 0 bridgehead atoms. The van der Waals surface area contributed by atoms with Gasteiger partial charge in [0.25, 0.3) is 0 Å². The molecule has 1 rings (SSSR count). The van der Waals surface area contributed by atoms with Crippen molar-refractivity contribution in [2.45, 2.75) is 19.3 Å². The number of carbonyl (C=O) groups is 1. The third-order valence-electron chi connectivity index (χ3n) is 2.89. The van der Waals surface area contributed by atoms with E-state index in [1.165, 1.54) is 18.2 Å². The van der Waals surface area contributed by atoms with Gasteiger partial charge in [0.1, 0.15) is 5.82 Å². The van der Waals surface area contributed by atoms with E-state index in [1.807, 2.05) is 0 Å². The molecule has 5 heteroatoms. The molecular weight excluding hydrogens is 325 g/mol. The van der Waals surface area contributed by atoms with Crippen molar-refractivity contribution in [1.29, 1.82) is 0 Å². The Morgan fingerprint density at radius 1 is 1.40 bits per heavy atom. The van der Waals surface area contributed by atoms with E-state index in [0.29, 0.717) is 12.1 Å². The summed E-state index contributed by atoms with van der Waals surface area (Å²) < 4.78 is 14.3. The van der Waals surface area contributed by atoms with Gasteiger partial charge in [0.2, 0.25) is 5.91 Å². The predicted molar refractivity (Wildman–Crippen MR) is 81.7 cm³/mol. The smallest absolute Gasteiger partial charge is 0.246 e. The zero-order chi connectivity index (χ0) is 15.0. The molecule has 0 heterocycles. The average molecular weight is 344 g/mol. The van der Waals surface area contributed by atoms with Crippen LogP contribution in [0.2, 0.25) is 0 Å². The van der Waals surface area contributed by atoms with Crippen molar-refractivity contribution < 1.29 is 14.3 Å². The van der Waals surface area contributed by atoms with Gasteiger partial charge in [0.05, 0.1) is 0 Å². The molecule has 110 valence electrons. The van der Waals surface area contributed by atoms with Gasteiger partial charge in [0.15, 0.2) is 0 Å². The highest BCUT2D eigenvalue weighted by molar-refractivity contribution is 9.10. The van der Waals surface area contributed by atoms with Gasteiger partial charge in [-0.1, -0.05) is 15.9 Å². The molecule has 0 saturated heterocycles. The fourth-order valence-corrected chi connectivity index (χ4v) is 2.06. The lowest BCUT2D eigenvalue weighted by Gasteiger charge is -2.14. The molecule has 0 radical (unpaired) electrons. The summed E-state index contributed by atoms with van der Waals surface area (Å²) in [5.41, 5.74) is 0.376. The number of hydrogen-bond donors (Lipinski definition) is 1. The number of halogens is 2. The number of carbonyl (C=O) groups excluding carboxylic acids is 1. The Morgan fingerprint density at radius 2 is 2.15 bits per heavy atom. The van der Waals surface area contributed by atoms with E-state index in [9.17, 15) is 9.18 Å². The van der Waals surface area contributed by atoms with Gasteiger partial charge < -0.3 is 10.0 Å². The van der Waals surface area contributed by atoms with Crippen LogP contribution in [0.3, 0.4) is 0 Å². The van der Waals surface area contributed by atoms with Crippen molar-refractivity contribution in [3.8, 4) is 0 Å². The minimum Gasteiger partial charge on any atom is -0.396 e. The van der Waals surface area contributed by atoms with Crippen LogP contribution in [0.25, 0.3) is 6.08 Å².